The molecule has 0 spiro atoms. The minimum absolute atomic E-state index is 0.0303. The van der Waals surface area contributed by atoms with Gasteiger partial charge in [-0.3, -0.25) is 4.79 Å². The fraction of sp³-hybridized carbons (Fsp3) is 0.263. The first kappa shape index (κ1) is 22.8. The third kappa shape index (κ3) is 5.75. The Morgan fingerprint density at radius 2 is 1.83 bits per heavy atom. The maximum atomic E-state index is 13.1. The molecule has 0 heterocycles. The molecule has 1 amide bonds. The molecule has 0 radical (unpaired) electrons. The Hall–Kier alpha value is -2.49. The third-order valence-electron chi connectivity index (χ3n) is 3.93. The minimum atomic E-state index is -3.89. The number of hydrogen-bond acceptors (Lipinski definition) is 5. The molecule has 0 aliphatic carbocycles. The molecule has 0 fully saturated rings. The summed E-state index contributed by atoms with van der Waals surface area (Å²) in [5.74, 6) is -2.09. The van der Waals surface area contributed by atoms with Crippen LogP contribution in [0.25, 0.3) is 0 Å². The van der Waals surface area contributed by atoms with Gasteiger partial charge in [-0.25, -0.2) is 17.6 Å². The van der Waals surface area contributed by atoms with Crippen molar-refractivity contribution in [1.29, 1.82) is 0 Å². The predicted octanol–water partition coefficient (Wildman–Crippen LogP) is 3.31. The van der Waals surface area contributed by atoms with Gasteiger partial charge in [-0.15, -0.1) is 0 Å². The highest BCUT2D eigenvalue weighted by Gasteiger charge is 2.26. The Kier molecular flexibility index (Phi) is 7.72. The van der Waals surface area contributed by atoms with Gasteiger partial charge in [-0.1, -0.05) is 31.5 Å². The molecule has 10 heteroatoms. The highest BCUT2D eigenvalue weighted by atomic mass is 35.5. The van der Waals surface area contributed by atoms with Crippen LogP contribution in [-0.4, -0.2) is 44.3 Å². The lowest BCUT2D eigenvalue weighted by molar-refractivity contribution is -0.119. The van der Waals surface area contributed by atoms with Crippen molar-refractivity contribution in [2.45, 2.75) is 18.7 Å². The van der Waals surface area contributed by atoms with Crippen LogP contribution < -0.4 is 5.32 Å². The van der Waals surface area contributed by atoms with Crippen LogP contribution in [0.4, 0.5) is 10.1 Å². The van der Waals surface area contributed by atoms with E-state index in [-0.39, 0.29) is 34.3 Å². The topological polar surface area (TPSA) is 92.8 Å². The SMILES string of the molecule is CCN(CC)S(=O)(=O)c1cc(C(=O)OCC(=O)Nc2cccc(F)c2)ccc1Cl. The number of amides is 1. The van der Waals surface area contributed by atoms with Crippen LogP contribution in [0.1, 0.15) is 24.2 Å². The van der Waals surface area contributed by atoms with Crippen molar-refractivity contribution in [1.82, 2.24) is 4.31 Å². The monoisotopic (exact) mass is 442 g/mol. The lowest BCUT2D eigenvalue weighted by Crippen LogP contribution is -2.31. The van der Waals surface area contributed by atoms with E-state index in [9.17, 15) is 22.4 Å². The molecule has 0 bridgehead atoms. The van der Waals surface area contributed by atoms with Gasteiger partial charge < -0.3 is 10.1 Å². The molecule has 0 aliphatic rings. The first-order valence-electron chi connectivity index (χ1n) is 8.71. The van der Waals surface area contributed by atoms with Crippen LogP contribution in [0.15, 0.2) is 47.4 Å². The van der Waals surface area contributed by atoms with Crippen LogP contribution in [0.2, 0.25) is 5.02 Å². The average molecular weight is 443 g/mol. The zero-order chi connectivity index (χ0) is 21.6. The lowest BCUT2D eigenvalue weighted by atomic mass is 10.2. The molecule has 156 valence electrons. The van der Waals surface area contributed by atoms with Gasteiger partial charge in [0, 0.05) is 18.8 Å². The first-order valence-corrected chi connectivity index (χ1v) is 10.5. The number of sulfonamides is 1. The standard InChI is InChI=1S/C19H20ClFN2O5S/c1-3-23(4-2)29(26,27)17-10-13(8-9-16(17)20)19(25)28-12-18(24)22-15-7-5-6-14(21)11-15/h5-11H,3-4,12H2,1-2H3,(H,22,24). The van der Waals surface area contributed by atoms with Crippen molar-refractivity contribution >= 4 is 39.2 Å². The molecule has 0 unspecified atom stereocenters. The van der Waals surface area contributed by atoms with E-state index in [1.807, 2.05) is 0 Å². The molecule has 2 aromatic rings. The summed E-state index contributed by atoms with van der Waals surface area (Å²) in [6.07, 6.45) is 0. The van der Waals surface area contributed by atoms with Gasteiger partial charge >= 0.3 is 5.97 Å². The molecule has 0 saturated heterocycles. The Labute approximate surface area is 173 Å². The van der Waals surface area contributed by atoms with Crippen molar-refractivity contribution in [3.63, 3.8) is 0 Å². The number of carbonyl (C=O) groups excluding carboxylic acids is 2. The number of halogens is 2. The summed E-state index contributed by atoms with van der Waals surface area (Å²) in [4.78, 5) is 23.9. The number of anilines is 1. The van der Waals surface area contributed by atoms with Crippen molar-refractivity contribution in [3.05, 3.63) is 58.9 Å². The summed E-state index contributed by atoms with van der Waals surface area (Å²) in [6, 6.07) is 8.93. The molecule has 7 nitrogen and oxygen atoms in total. The molecule has 2 aromatic carbocycles. The fourth-order valence-electron chi connectivity index (χ4n) is 2.51. The Morgan fingerprint density at radius 3 is 2.45 bits per heavy atom. The summed E-state index contributed by atoms with van der Waals surface area (Å²) in [5, 5.41) is 2.35. The van der Waals surface area contributed by atoms with E-state index in [2.05, 4.69) is 5.32 Å². The number of nitrogens with zero attached hydrogens (tertiary/aromatic N) is 1. The highest BCUT2D eigenvalue weighted by molar-refractivity contribution is 7.89. The summed E-state index contributed by atoms with van der Waals surface area (Å²) in [7, 11) is -3.89. The van der Waals surface area contributed by atoms with Crippen LogP contribution in [0.5, 0.6) is 0 Å². The summed E-state index contributed by atoms with van der Waals surface area (Å²) < 4.78 is 44.6. The Bertz CT molecular complexity index is 1010. The zero-order valence-electron chi connectivity index (χ0n) is 15.8. The van der Waals surface area contributed by atoms with Crippen LogP contribution >= 0.6 is 11.6 Å². The maximum Gasteiger partial charge on any atom is 0.338 e. The van der Waals surface area contributed by atoms with Crippen LogP contribution in [0, 0.1) is 5.82 Å². The second-order valence-corrected chi connectivity index (χ2v) is 8.18. The van der Waals surface area contributed by atoms with Crippen LogP contribution in [0.3, 0.4) is 0 Å². The molecule has 0 aliphatic heterocycles. The quantitative estimate of drug-likeness (QED) is 0.633. The second-order valence-electron chi connectivity index (χ2n) is 5.87. The molecule has 2 rings (SSSR count). The van der Waals surface area contributed by atoms with Crippen molar-refractivity contribution < 1.29 is 27.1 Å². The number of ether oxygens (including phenoxy) is 1. The van der Waals surface area contributed by atoms with Crippen LogP contribution in [-0.2, 0) is 19.6 Å². The maximum absolute atomic E-state index is 13.1. The predicted molar refractivity (Wildman–Crippen MR) is 107 cm³/mol. The van der Waals surface area contributed by atoms with E-state index in [1.165, 1.54) is 34.6 Å². The molecular formula is C19H20ClFN2O5S. The van der Waals surface area contributed by atoms with E-state index in [0.29, 0.717) is 0 Å². The average Bonchev–Trinajstić information content (AvgIpc) is 2.67. The zero-order valence-corrected chi connectivity index (χ0v) is 17.4. The van der Waals surface area contributed by atoms with Gasteiger partial charge in [0.15, 0.2) is 6.61 Å². The van der Waals surface area contributed by atoms with Gasteiger partial charge in [0.05, 0.1) is 10.6 Å². The van der Waals surface area contributed by atoms with Crippen molar-refractivity contribution in [2.75, 3.05) is 25.0 Å². The minimum Gasteiger partial charge on any atom is -0.452 e. The van der Waals surface area contributed by atoms with Gasteiger partial charge in [0.25, 0.3) is 5.91 Å². The van der Waals surface area contributed by atoms with Gasteiger partial charge in [0.1, 0.15) is 10.7 Å². The highest BCUT2D eigenvalue weighted by Crippen LogP contribution is 2.26. The van der Waals surface area contributed by atoms with Gasteiger partial charge in [0.2, 0.25) is 10.0 Å². The van der Waals surface area contributed by atoms with Crippen molar-refractivity contribution in [2.24, 2.45) is 0 Å². The number of esters is 1. The molecule has 0 atom stereocenters. The fourth-order valence-corrected chi connectivity index (χ4v) is 4.47. The van der Waals surface area contributed by atoms with Crippen molar-refractivity contribution in [3.8, 4) is 0 Å². The molecule has 29 heavy (non-hydrogen) atoms. The van der Waals surface area contributed by atoms with Gasteiger partial charge in [-0.2, -0.15) is 4.31 Å². The lowest BCUT2D eigenvalue weighted by Gasteiger charge is -2.19. The van der Waals surface area contributed by atoms with Gasteiger partial charge in [-0.05, 0) is 36.4 Å². The number of rotatable bonds is 8. The third-order valence-corrected chi connectivity index (χ3v) is 6.46. The van der Waals surface area contributed by atoms with E-state index < -0.39 is 34.3 Å². The summed E-state index contributed by atoms with van der Waals surface area (Å²) >= 11 is 6.02. The molecule has 1 N–H and O–H groups in total. The number of hydrogen-bond donors (Lipinski definition) is 1. The Balaban J connectivity index is 2.10. The molecule has 0 saturated carbocycles. The summed E-state index contributed by atoms with van der Waals surface area (Å²) in [6.45, 7) is 3.22. The van der Waals surface area contributed by atoms with E-state index in [4.69, 9.17) is 16.3 Å². The summed E-state index contributed by atoms with van der Waals surface area (Å²) in [5.41, 5.74) is 0.142. The first-order chi connectivity index (χ1) is 13.7. The number of nitrogens with one attached hydrogen (secondary N) is 1. The molecule has 0 aromatic heterocycles. The second kappa shape index (κ2) is 9.82. The van der Waals surface area contributed by atoms with E-state index in [0.717, 1.165) is 12.1 Å². The Morgan fingerprint density at radius 1 is 1.14 bits per heavy atom. The smallest absolute Gasteiger partial charge is 0.338 e. The normalized spacial score (nSPS) is 11.3. The molecular weight excluding hydrogens is 423 g/mol. The number of benzene rings is 2. The largest absolute Gasteiger partial charge is 0.452 e. The van der Waals surface area contributed by atoms with E-state index >= 15 is 0 Å². The number of carbonyl (C=O) groups is 2. The van der Waals surface area contributed by atoms with E-state index in [1.54, 1.807) is 13.8 Å².